The lowest BCUT2D eigenvalue weighted by Gasteiger charge is -2.39. The van der Waals surface area contributed by atoms with Gasteiger partial charge in [-0.3, -0.25) is 14.4 Å². The first-order valence-corrected chi connectivity index (χ1v) is 15.5. The van der Waals surface area contributed by atoms with Crippen molar-refractivity contribution in [2.75, 3.05) is 0 Å². The molecule has 0 aromatic carbocycles. The molecule has 2 aliphatic rings. The highest BCUT2D eigenvalue weighted by atomic mass is 16.3. The predicted octanol–water partition coefficient (Wildman–Crippen LogP) is 9.05. The normalized spacial score (nSPS) is 26.2. The number of hydrogen-bond acceptors (Lipinski definition) is 4. The fourth-order valence-electron chi connectivity index (χ4n) is 5.88. The van der Waals surface area contributed by atoms with E-state index in [1.807, 2.05) is 75.5 Å². The summed E-state index contributed by atoms with van der Waals surface area (Å²) in [5.74, 6) is -0.915. The Labute approximate surface area is 265 Å². The molecule has 1 saturated carbocycles. The van der Waals surface area contributed by atoms with Gasteiger partial charge < -0.3 is 5.11 Å². The number of Topliss-reactive ketones (excluding diaryl/α,β-unsaturated/α-hetero) is 3. The number of aliphatic hydroxyl groups is 1. The summed E-state index contributed by atoms with van der Waals surface area (Å²) < 4.78 is 0. The molecule has 2 aliphatic carbocycles. The van der Waals surface area contributed by atoms with E-state index in [1.54, 1.807) is 6.92 Å². The lowest BCUT2D eigenvalue weighted by Crippen LogP contribution is -2.43. The third-order valence-corrected chi connectivity index (χ3v) is 8.60. The predicted molar refractivity (Wildman–Crippen MR) is 184 cm³/mol. The number of allylic oxidation sites excluding steroid dienone is 19. The van der Waals surface area contributed by atoms with Crippen molar-refractivity contribution in [3.05, 3.63) is 119 Å². The van der Waals surface area contributed by atoms with E-state index in [2.05, 4.69) is 71.9 Å². The quantitative estimate of drug-likeness (QED) is 0.202. The van der Waals surface area contributed by atoms with Crippen molar-refractivity contribution in [1.29, 1.82) is 0 Å². The van der Waals surface area contributed by atoms with E-state index in [0.717, 1.165) is 27.9 Å². The topological polar surface area (TPSA) is 71.4 Å². The SMILES string of the molecule is CC1=C(C=C/C(C)=C/C=C/C(C)=C/C=C/C=C(C)/C=C/C=C(\C)C=CC2C(C)C(=O)C(=O)CC2(C)C)C(C)(C)CC(O)C1=O. The largest absolute Gasteiger partial charge is 0.385 e. The second kappa shape index (κ2) is 15.9. The van der Waals surface area contributed by atoms with Crippen molar-refractivity contribution in [2.45, 2.75) is 88.2 Å². The molecule has 3 unspecified atom stereocenters. The van der Waals surface area contributed by atoms with Crippen molar-refractivity contribution in [3.63, 3.8) is 0 Å². The molecule has 2 rings (SSSR count). The highest BCUT2D eigenvalue weighted by Crippen LogP contribution is 2.42. The molecule has 0 bridgehead atoms. The second-order valence-electron chi connectivity index (χ2n) is 13.7. The van der Waals surface area contributed by atoms with Crippen molar-refractivity contribution < 1.29 is 19.5 Å². The van der Waals surface area contributed by atoms with Gasteiger partial charge >= 0.3 is 0 Å². The summed E-state index contributed by atoms with van der Waals surface area (Å²) in [7, 11) is 0. The Morgan fingerprint density at radius 1 is 0.727 bits per heavy atom. The van der Waals surface area contributed by atoms with Crippen LogP contribution in [0.1, 0.15) is 82.1 Å². The molecule has 0 aromatic heterocycles. The molecule has 236 valence electrons. The summed E-state index contributed by atoms with van der Waals surface area (Å²) >= 11 is 0. The minimum atomic E-state index is -0.907. The summed E-state index contributed by atoms with van der Waals surface area (Å²) in [6.07, 6.45) is 28.4. The molecule has 1 N–H and O–H groups in total. The van der Waals surface area contributed by atoms with E-state index in [-0.39, 0.29) is 40.0 Å². The molecule has 44 heavy (non-hydrogen) atoms. The van der Waals surface area contributed by atoms with Crippen molar-refractivity contribution in [2.24, 2.45) is 22.7 Å². The Kier molecular flexibility index (Phi) is 13.2. The molecular formula is C40H52O4. The zero-order valence-electron chi connectivity index (χ0n) is 28.4. The zero-order chi connectivity index (χ0) is 33.2. The molecule has 0 amide bonds. The van der Waals surface area contributed by atoms with Crippen LogP contribution in [0, 0.1) is 22.7 Å². The highest BCUT2D eigenvalue weighted by Gasteiger charge is 2.44. The molecule has 0 heterocycles. The summed E-state index contributed by atoms with van der Waals surface area (Å²) in [6, 6.07) is 0. The van der Waals surface area contributed by atoms with Crippen LogP contribution in [0.2, 0.25) is 0 Å². The molecule has 3 atom stereocenters. The summed E-state index contributed by atoms with van der Waals surface area (Å²) in [6.45, 7) is 20.1. The molecule has 0 spiro atoms. The first-order chi connectivity index (χ1) is 20.5. The van der Waals surface area contributed by atoms with Gasteiger partial charge in [-0.15, -0.1) is 0 Å². The average molecular weight is 597 g/mol. The van der Waals surface area contributed by atoms with Crippen LogP contribution >= 0.6 is 0 Å². The second-order valence-corrected chi connectivity index (χ2v) is 13.7. The molecule has 1 fully saturated rings. The average Bonchev–Trinajstić information content (AvgIpc) is 2.92. The Morgan fingerprint density at radius 2 is 1.20 bits per heavy atom. The number of hydrogen-bond donors (Lipinski definition) is 1. The van der Waals surface area contributed by atoms with Crippen LogP contribution < -0.4 is 0 Å². The molecule has 4 heteroatoms. The van der Waals surface area contributed by atoms with Crippen LogP contribution in [0.4, 0.5) is 0 Å². The van der Waals surface area contributed by atoms with Gasteiger partial charge in [-0.05, 0) is 68.9 Å². The van der Waals surface area contributed by atoms with Gasteiger partial charge in [0.05, 0.1) is 0 Å². The molecule has 0 radical (unpaired) electrons. The third-order valence-electron chi connectivity index (χ3n) is 8.60. The van der Waals surface area contributed by atoms with Crippen molar-refractivity contribution in [3.8, 4) is 0 Å². The maximum absolute atomic E-state index is 12.2. The summed E-state index contributed by atoms with van der Waals surface area (Å²) in [5, 5.41) is 10.0. The van der Waals surface area contributed by atoms with Crippen LogP contribution in [-0.4, -0.2) is 28.6 Å². The standard InChI is InChI=1S/C40H52O4/c1-27(17-13-19-29(3)21-23-33-31(5)37(43)35(41)25-39(33,7)8)15-11-12-16-28(2)18-14-20-30(4)22-24-34-32(6)38(44)36(42)26-40(34,9)10/h11-24,31,33,36,42H,25-26H2,1-10H3/b12-11+,17-13+,18-14+,23-21?,24-22?,27-15+,28-16+,29-19+,30-20+. The molecular weight excluding hydrogens is 544 g/mol. The van der Waals surface area contributed by atoms with Gasteiger partial charge in [0.25, 0.3) is 0 Å². The summed E-state index contributed by atoms with van der Waals surface area (Å²) in [4.78, 5) is 36.4. The van der Waals surface area contributed by atoms with E-state index in [0.29, 0.717) is 18.4 Å². The number of carbonyl (C=O) groups excluding carboxylic acids is 3. The molecule has 0 saturated heterocycles. The van der Waals surface area contributed by atoms with E-state index in [9.17, 15) is 19.5 Å². The lowest BCUT2D eigenvalue weighted by molar-refractivity contribution is -0.145. The van der Waals surface area contributed by atoms with Crippen LogP contribution in [0.5, 0.6) is 0 Å². The first-order valence-electron chi connectivity index (χ1n) is 15.5. The number of carbonyl (C=O) groups is 3. The smallest absolute Gasteiger partial charge is 0.201 e. The van der Waals surface area contributed by atoms with Crippen LogP contribution in [0.3, 0.4) is 0 Å². The Bertz CT molecular complexity index is 1420. The minimum absolute atomic E-state index is 0.0424. The van der Waals surface area contributed by atoms with Gasteiger partial charge in [-0.1, -0.05) is 142 Å². The van der Waals surface area contributed by atoms with Gasteiger partial charge in [-0.2, -0.15) is 0 Å². The highest BCUT2D eigenvalue weighted by molar-refractivity contribution is 6.38. The molecule has 0 aromatic rings. The maximum Gasteiger partial charge on any atom is 0.201 e. The summed E-state index contributed by atoms with van der Waals surface area (Å²) in [5.41, 5.74) is 5.56. The number of aliphatic hydroxyl groups excluding tert-OH is 1. The van der Waals surface area contributed by atoms with E-state index >= 15 is 0 Å². The van der Waals surface area contributed by atoms with Gasteiger partial charge in [0.1, 0.15) is 6.10 Å². The van der Waals surface area contributed by atoms with Gasteiger partial charge in [0.15, 0.2) is 11.6 Å². The van der Waals surface area contributed by atoms with E-state index in [4.69, 9.17) is 0 Å². The van der Waals surface area contributed by atoms with Crippen LogP contribution in [-0.2, 0) is 14.4 Å². The van der Waals surface area contributed by atoms with E-state index < -0.39 is 6.10 Å². The third kappa shape index (κ3) is 10.5. The molecule has 0 aliphatic heterocycles. The Balaban J connectivity index is 1.93. The number of rotatable bonds is 10. The monoisotopic (exact) mass is 596 g/mol. The van der Waals surface area contributed by atoms with Gasteiger partial charge in [0, 0.05) is 12.3 Å². The van der Waals surface area contributed by atoms with Crippen LogP contribution in [0.15, 0.2) is 119 Å². The fraction of sp³-hybridized carbons (Fsp3) is 0.425. The Morgan fingerprint density at radius 3 is 1.75 bits per heavy atom. The zero-order valence-corrected chi connectivity index (χ0v) is 28.4. The van der Waals surface area contributed by atoms with E-state index in [1.165, 1.54) is 0 Å². The van der Waals surface area contributed by atoms with Crippen LogP contribution in [0.25, 0.3) is 0 Å². The maximum atomic E-state index is 12.2. The number of ketones is 3. The minimum Gasteiger partial charge on any atom is -0.385 e. The Hall–Kier alpha value is -3.63. The fourth-order valence-corrected chi connectivity index (χ4v) is 5.88. The molecule has 4 nitrogen and oxygen atoms in total. The lowest BCUT2D eigenvalue weighted by atomic mass is 9.63. The first kappa shape index (κ1) is 36.6. The van der Waals surface area contributed by atoms with Gasteiger partial charge in [0.2, 0.25) is 5.78 Å². The van der Waals surface area contributed by atoms with Crippen molar-refractivity contribution in [1.82, 2.24) is 0 Å². The van der Waals surface area contributed by atoms with Crippen molar-refractivity contribution >= 4 is 17.3 Å². The van der Waals surface area contributed by atoms with Gasteiger partial charge in [-0.25, -0.2) is 0 Å².